The van der Waals surface area contributed by atoms with Crippen molar-refractivity contribution in [3.8, 4) is 0 Å². The van der Waals surface area contributed by atoms with Crippen molar-refractivity contribution >= 4 is 76.6 Å². The topological polar surface area (TPSA) is 134 Å². The van der Waals surface area contributed by atoms with Crippen molar-refractivity contribution in [2.75, 3.05) is 7.11 Å². The van der Waals surface area contributed by atoms with E-state index >= 15 is 0 Å². The number of phosphoric acid groups is 2. The number of aliphatic hydroxyl groups is 1. The number of phosphoric ester groups is 1. The Hall–Kier alpha value is 2.06. The Morgan fingerprint density at radius 2 is 1.47 bits per heavy atom. The van der Waals surface area contributed by atoms with E-state index in [0.717, 1.165) is 7.11 Å². The van der Waals surface area contributed by atoms with E-state index in [1.807, 2.05) is 0 Å². The van der Waals surface area contributed by atoms with E-state index in [1.165, 1.54) is 0 Å². The molecule has 0 rings (SSSR count). The van der Waals surface area contributed by atoms with Crippen LogP contribution < -0.4 is 0 Å². The Balaban J connectivity index is -0.000000449. The molecule has 0 aliphatic rings. The number of halogens is 2. The molecule has 0 radical (unpaired) electrons. The summed E-state index contributed by atoms with van der Waals surface area (Å²) in [6, 6.07) is 0. The first kappa shape index (κ1) is 22.3. The van der Waals surface area contributed by atoms with Crippen molar-refractivity contribution < 1.29 is 37.8 Å². The number of hydrogen-bond donors (Lipinski definition) is 4. The number of hydrogen-bond acceptors (Lipinski definition) is 5. The zero-order chi connectivity index (χ0) is 12.0. The Kier molecular flexibility index (Phi) is 14.9. The monoisotopic (exact) mass is 334 g/mol. The molecule has 0 bridgehead atoms. The van der Waals surface area contributed by atoms with Gasteiger partial charge in [-0.3, -0.25) is 4.52 Å². The zero-order valence-corrected chi connectivity index (χ0v) is 9.95. The maximum absolute atomic E-state index is 10.5. The van der Waals surface area contributed by atoms with Crippen LogP contribution in [0.4, 0.5) is 0 Å². The summed E-state index contributed by atoms with van der Waals surface area (Å²) in [7, 11) is -9.00. The Labute approximate surface area is 125 Å². The van der Waals surface area contributed by atoms with Crippen LogP contribution in [0.25, 0.3) is 0 Å². The molecular formula is C2H10CaCl2O8P2. The first-order valence-corrected chi connectivity index (χ1v) is 6.53. The van der Waals surface area contributed by atoms with Crippen LogP contribution in [0.2, 0.25) is 0 Å². The molecule has 0 aromatic carbocycles. The standard InChI is InChI=1S/CH4Cl2O7P2.CH4O.Ca.2H/c2-1(3)9-12(7,8)10-11(4,5)6;1-2;;;/h1H,(H,7,8)(H2,4,5,6);2H,1H3;;;. The van der Waals surface area contributed by atoms with Gasteiger partial charge in [0.05, 0.1) is 0 Å². The number of aliphatic hydroxyl groups excluding tert-OH is 1. The van der Waals surface area contributed by atoms with Gasteiger partial charge in [0.25, 0.3) is 0 Å². The summed E-state index contributed by atoms with van der Waals surface area (Å²) in [5, 5.41) is 5.28. The molecule has 92 valence electrons. The molecule has 8 nitrogen and oxygen atoms in total. The van der Waals surface area contributed by atoms with Gasteiger partial charge < -0.3 is 19.8 Å². The third-order valence-corrected chi connectivity index (χ3v) is 3.00. The normalized spacial score (nSPS) is 14.7. The van der Waals surface area contributed by atoms with Gasteiger partial charge in [-0.15, -0.1) is 0 Å². The molecule has 0 aliphatic carbocycles. The van der Waals surface area contributed by atoms with Gasteiger partial charge in [0.15, 0.2) is 0 Å². The van der Waals surface area contributed by atoms with Crippen LogP contribution >= 0.6 is 38.8 Å². The van der Waals surface area contributed by atoms with Crippen LogP contribution in [-0.2, 0) is 18.0 Å². The summed E-state index contributed by atoms with van der Waals surface area (Å²) < 4.78 is 27.6. The van der Waals surface area contributed by atoms with Crippen LogP contribution in [-0.4, -0.2) is 69.7 Å². The van der Waals surface area contributed by atoms with Crippen LogP contribution in [0.15, 0.2) is 0 Å². The summed E-state index contributed by atoms with van der Waals surface area (Å²) in [5.41, 5.74) is 0. The van der Waals surface area contributed by atoms with Gasteiger partial charge in [-0.1, -0.05) is 23.2 Å². The first-order valence-electron chi connectivity index (χ1n) is 2.63. The fourth-order valence-corrected chi connectivity index (χ4v) is 2.29. The van der Waals surface area contributed by atoms with Crippen molar-refractivity contribution in [3.05, 3.63) is 0 Å². The summed E-state index contributed by atoms with van der Waals surface area (Å²) in [4.78, 5) is 24.6. The zero-order valence-electron chi connectivity index (χ0n) is 6.65. The van der Waals surface area contributed by atoms with E-state index in [4.69, 9.17) is 43.0 Å². The molecule has 13 heteroatoms. The first-order chi connectivity index (χ1) is 6.12. The maximum atomic E-state index is 10.5. The minimum atomic E-state index is -5.10. The minimum absolute atomic E-state index is 0. The summed E-state index contributed by atoms with van der Waals surface area (Å²) >= 11 is 9.74. The van der Waals surface area contributed by atoms with Crippen LogP contribution in [0.5, 0.6) is 0 Å². The second-order valence-electron chi connectivity index (χ2n) is 1.41. The van der Waals surface area contributed by atoms with Gasteiger partial charge in [-0.2, -0.15) is 4.31 Å². The van der Waals surface area contributed by atoms with Gasteiger partial charge in [0.1, 0.15) is 0 Å². The van der Waals surface area contributed by atoms with Crippen LogP contribution in [0.1, 0.15) is 0 Å². The molecule has 0 fully saturated rings. The third kappa shape index (κ3) is 18.6. The molecule has 0 aliphatic heterocycles. The second kappa shape index (κ2) is 10.0. The predicted molar refractivity (Wildman–Crippen MR) is 56.2 cm³/mol. The fraction of sp³-hybridized carbons (Fsp3) is 1.00. The van der Waals surface area contributed by atoms with Crippen molar-refractivity contribution in [3.63, 3.8) is 0 Å². The van der Waals surface area contributed by atoms with Gasteiger partial charge in [-0.25, -0.2) is 9.13 Å². The van der Waals surface area contributed by atoms with Gasteiger partial charge in [0.2, 0.25) is 5.02 Å². The van der Waals surface area contributed by atoms with Gasteiger partial charge >= 0.3 is 53.4 Å². The van der Waals surface area contributed by atoms with E-state index in [2.05, 4.69) is 8.83 Å². The molecular weight excluding hydrogens is 325 g/mol. The average molecular weight is 335 g/mol. The quantitative estimate of drug-likeness (QED) is 0.312. The van der Waals surface area contributed by atoms with Crippen molar-refractivity contribution in [2.45, 2.75) is 5.02 Å². The second-order valence-corrected chi connectivity index (χ2v) is 5.21. The molecule has 1 atom stereocenters. The molecule has 0 heterocycles. The Morgan fingerprint density at radius 3 is 1.67 bits per heavy atom. The molecule has 0 aromatic rings. The third-order valence-electron chi connectivity index (χ3n) is 0.422. The van der Waals surface area contributed by atoms with E-state index < -0.39 is 20.7 Å². The fourth-order valence-electron chi connectivity index (χ4n) is 0.254. The van der Waals surface area contributed by atoms with Crippen LogP contribution in [0.3, 0.4) is 0 Å². The van der Waals surface area contributed by atoms with Gasteiger partial charge in [0, 0.05) is 7.11 Å². The molecule has 0 amide bonds. The van der Waals surface area contributed by atoms with Crippen molar-refractivity contribution in [2.24, 2.45) is 0 Å². The summed E-state index contributed by atoms with van der Waals surface area (Å²) in [6.45, 7) is 0. The Morgan fingerprint density at radius 1 is 1.13 bits per heavy atom. The molecule has 0 aromatic heterocycles. The van der Waals surface area contributed by atoms with Gasteiger partial charge in [-0.05, 0) is 0 Å². The van der Waals surface area contributed by atoms with E-state index in [1.54, 1.807) is 0 Å². The molecule has 0 saturated heterocycles. The summed E-state index contributed by atoms with van der Waals surface area (Å²) in [5.74, 6) is 0. The molecule has 0 spiro atoms. The SMILES string of the molecule is CO.O=P(O)(O)OP(=O)(O)OC(Cl)Cl.[CaH2]. The Bertz CT molecular complexity index is 241. The van der Waals surface area contributed by atoms with E-state index in [0.29, 0.717) is 0 Å². The molecule has 0 saturated carbocycles. The molecule has 15 heavy (non-hydrogen) atoms. The van der Waals surface area contributed by atoms with E-state index in [-0.39, 0.29) is 37.7 Å². The van der Waals surface area contributed by atoms with E-state index in [9.17, 15) is 9.13 Å². The van der Waals surface area contributed by atoms with Crippen molar-refractivity contribution in [1.82, 2.24) is 0 Å². The summed E-state index contributed by atoms with van der Waals surface area (Å²) in [6.07, 6.45) is 0. The number of alkyl halides is 2. The van der Waals surface area contributed by atoms with Crippen LogP contribution in [0, 0.1) is 0 Å². The van der Waals surface area contributed by atoms with Crippen molar-refractivity contribution in [1.29, 1.82) is 0 Å². The number of rotatable bonds is 4. The molecule has 4 N–H and O–H groups in total. The molecule has 1 unspecified atom stereocenters. The average Bonchev–Trinajstić information content (AvgIpc) is 1.82. The predicted octanol–water partition coefficient (Wildman–Crippen LogP) is -0.334.